The molecule has 0 radical (unpaired) electrons. The molecular formula is C4H10O5S2. The largest absolute Gasteiger partial charge is 0.294 e. The standard InChI is InChI=1S/C4H10O5S2/c1-10(5,6)3-2-4-11(7,8)9/h4H,2-3H2,1H3,(H2,7,8,9). The normalized spacial score (nSPS) is 13.0. The molecule has 0 atom stereocenters. The highest BCUT2D eigenvalue weighted by atomic mass is 32.2. The van der Waals surface area contributed by atoms with Gasteiger partial charge in [0.1, 0.15) is 9.84 Å². The number of rotatable bonds is 3. The molecule has 11 heavy (non-hydrogen) atoms. The highest BCUT2D eigenvalue weighted by Gasteiger charge is 2.00. The number of hydrogen-bond acceptors (Lipinski definition) is 3. The van der Waals surface area contributed by atoms with Gasteiger partial charge < -0.3 is 0 Å². The van der Waals surface area contributed by atoms with Crippen LogP contribution in [0, 0.1) is 0 Å². The molecule has 0 aromatic carbocycles. The van der Waals surface area contributed by atoms with Crippen molar-refractivity contribution in [3.8, 4) is 0 Å². The van der Waals surface area contributed by atoms with Crippen molar-refractivity contribution in [2.45, 2.75) is 6.42 Å². The lowest BCUT2D eigenvalue weighted by Crippen LogP contribution is -2.07. The van der Waals surface area contributed by atoms with Crippen molar-refractivity contribution in [1.29, 1.82) is 0 Å². The minimum atomic E-state index is -3.89. The lowest BCUT2D eigenvalue weighted by molar-refractivity contribution is 0.447. The minimum absolute atomic E-state index is 0.120. The zero-order valence-electron chi connectivity index (χ0n) is 5.93. The lowest BCUT2D eigenvalue weighted by Gasteiger charge is -1.93. The van der Waals surface area contributed by atoms with Crippen molar-refractivity contribution in [3.63, 3.8) is 0 Å². The second-order valence-corrected chi connectivity index (χ2v) is 5.79. The molecule has 5 nitrogen and oxygen atoms in total. The van der Waals surface area contributed by atoms with Gasteiger partial charge in [-0.05, 0) is 6.42 Å². The predicted octanol–water partition coefficient (Wildman–Crippen LogP) is -0.546. The topological polar surface area (TPSA) is 91.7 Å². The summed E-state index contributed by atoms with van der Waals surface area (Å²) in [7, 11) is -7.01. The molecule has 0 aliphatic carbocycles. The summed E-state index contributed by atoms with van der Waals surface area (Å²) in [6.07, 6.45) is 0.891. The molecule has 0 bridgehead atoms. The van der Waals surface area contributed by atoms with Gasteiger partial charge in [-0.25, -0.2) is 12.6 Å². The second kappa shape index (κ2) is 3.53. The molecule has 0 heterocycles. The fourth-order valence-electron chi connectivity index (χ4n) is 0.416. The summed E-state index contributed by atoms with van der Waals surface area (Å²) in [5.41, 5.74) is 0. The molecule has 0 spiro atoms. The van der Waals surface area contributed by atoms with E-state index in [-0.39, 0.29) is 12.2 Å². The summed E-state index contributed by atoms with van der Waals surface area (Å²) in [4.78, 5) is 0. The second-order valence-electron chi connectivity index (χ2n) is 2.12. The molecule has 0 aliphatic heterocycles. The summed E-state index contributed by atoms with van der Waals surface area (Å²) in [6.45, 7) is 0. The van der Waals surface area contributed by atoms with Gasteiger partial charge in [-0.15, -0.1) is 0 Å². The third kappa shape index (κ3) is 9.89. The van der Waals surface area contributed by atoms with Gasteiger partial charge in [0.15, 0.2) is 10.1 Å². The van der Waals surface area contributed by atoms with Crippen LogP contribution in [0.5, 0.6) is 0 Å². The highest BCUT2D eigenvalue weighted by molar-refractivity contribution is 7.91. The third-order valence-electron chi connectivity index (χ3n) is 0.824. The molecule has 0 aromatic rings. The van der Waals surface area contributed by atoms with Crippen LogP contribution in [0.25, 0.3) is 0 Å². The molecule has 0 saturated carbocycles. The van der Waals surface area contributed by atoms with Crippen LogP contribution in [0.1, 0.15) is 6.42 Å². The SMILES string of the molecule is CS(=O)(=O)CCC=S(=O)(O)O. The Morgan fingerprint density at radius 3 is 2.00 bits per heavy atom. The first-order valence-electron chi connectivity index (χ1n) is 2.71. The molecule has 0 rings (SSSR count). The van der Waals surface area contributed by atoms with Crippen LogP contribution in [0.3, 0.4) is 0 Å². The number of hydrogen-bond donors (Lipinski definition) is 2. The first kappa shape index (κ1) is 10.9. The zero-order valence-corrected chi connectivity index (χ0v) is 7.56. The van der Waals surface area contributed by atoms with Gasteiger partial charge in [-0.2, -0.15) is 0 Å². The first-order valence-corrected chi connectivity index (χ1v) is 6.30. The van der Waals surface area contributed by atoms with Gasteiger partial charge in [0.25, 0.3) is 0 Å². The predicted molar refractivity (Wildman–Crippen MR) is 43.8 cm³/mol. The summed E-state index contributed by atoms with van der Waals surface area (Å²) >= 11 is 0. The Balaban J connectivity index is 4.07. The Morgan fingerprint density at radius 2 is 1.73 bits per heavy atom. The zero-order chi connectivity index (χ0) is 9.12. The molecule has 68 valence electrons. The van der Waals surface area contributed by atoms with E-state index in [1.165, 1.54) is 0 Å². The van der Waals surface area contributed by atoms with E-state index in [0.717, 1.165) is 6.26 Å². The van der Waals surface area contributed by atoms with Gasteiger partial charge in [0.05, 0.1) is 5.75 Å². The lowest BCUT2D eigenvalue weighted by atomic mass is 10.6. The Hall–Kier alpha value is -0.110. The van der Waals surface area contributed by atoms with Crippen molar-refractivity contribution < 1.29 is 21.7 Å². The molecule has 0 aliphatic rings. The van der Waals surface area contributed by atoms with Gasteiger partial charge in [-0.1, -0.05) is 0 Å². The Morgan fingerprint density at radius 1 is 1.27 bits per heavy atom. The van der Waals surface area contributed by atoms with E-state index in [0.29, 0.717) is 5.37 Å². The summed E-state index contributed by atoms with van der Waals surface area (Å²) < 4.78 is 47.5. The quantitative estimate of drug-likeness (QED) is 0.599. The van der Waals surface area contributed by atoms with Crippen molar-refractivity contribution in [3.05, 3.63) is 0 Å². The Kier molecular flexibility index (Phi) is 3.49. The average Bonchev–Trinajstić information content (AvgIpc) is 1.55. The van der Waals surface area contributed by atoms with E-state index in [1.807, 2.05) is 0 Å². The molecule has 7 heteroatoms. The highest BCUT2D eigenvalue weighted by Crippen LogP contribution is 1.87. The average molecular weight is 202 g/mol. The summed E-state index contributed by atoms with van der Waals surface area (Å²) in [6, 6.07) is 0. The van der Waals surface area contributed by atoms with Gasteiger partial charge in [-0.3, -0.25) is 9.11 Å². The molecule has 0 fully saturated rings. The smallest absolute Gasteiger partial charge is 0.196 e. The fourth-order valence-corrected chi connectivity index (χ4v) is 1.54. The van der Waals surface area contributed by atoms with Gasteiger partial charge in [0, 0.05) is 11.6 Å². The first-order chi connectivity index (χ1) is 4.71. The van der Waals surface area contributed by atoms with Crippen molar-refractivity contribution in [2.75, 3.05) is 12.0 Å². The summed E-state index contributed by atoms with van der Waals surface area (Å²) in [5.74, 6) is -0.231. The van der Waals surface area contributed by atoms with Gasteiger partial charge >= 0.3 is 0 Å². The molecule has 0 saturated heterocycles. The summed E-state index contributed by atoms with van der Waals surface area (Å²) in [5, 5.41) is 0.675. The molecule has 0 unspecified atom stereocenters. The Labute approximate surface area is 66.0 Å². The van der Waals surface area contributed by atoms with Crippen LogP contribution in [0.4, 0.5) is 0 Å². The molecule has 2 N–H and O–H groups in total. The van der Waals surface area contributed by atoms with E-state index < -0.39 is 19.9 Å². The van der Waals surface area contributed by atoms with Crippen LogP contribution in [-0.2, 0) is 19.9 Å². The van der Waals surface area contributed by atoms with Crippen LogP contribution in [0.15, 0.2) is 0 Å². The van der Waals surface area contributed by atoms with Crippen molar-refractivity contribution in [2.24, 2.45) is 0 Å². The van der Waals surface area contributed by atoms with Crippen LogP contribution >= 0.6 is 0 Å². The van der Waals surface area contributed by atoms with Crippen LogP contribution < -0.4 is 0 Å². The van der Waals surface area contributed by atoms with E-state index in [4.69, 9.17) is 9.11 Å². The maximum atomic E-state index is 10.4. The van der Waals surface area contributed by atoms with E-state index in [1.54, 1.807) is 0 Å². The third-order valence-corrected chi connectivity index (χ3v) is 2.47. The van der Waals surface area contributed by atoms with E-state index >= 15 is 0 Å². The van der Waals surface area contributed by atoms with E-state index in [2.05, 4.69) is 0 Å². The van der Waals surface area contributed by atoms with Crippen LogP contribution in [-0.4, -0.2) is 39.1 Å². The number of sulfone groups is 1. The van der Waals surface area contributed by atoms with Gasteiger partial charge in [0.2, 0.25) is 0 Å². The minimum Gasteiger partial charge on any atom is -0.294 e. The van der Waals surface area contributed by atoms with Crippen molar-refractivity contribution in [1.82, 2.24) is 0 Å². The van der Waals surface area contributed by atoms with Crippen LogP contribution in [0.2, 0.25) is 0 Å². The van der Waals surface area contributed by atoms with E-state index in [9.17, 15) is 12.6 Å². The Bertz CT molecular complexity index is 310. The maximum absolute atomic E-state index is 10.4. The van der Waals surface area contributed by atoms with Crippen molar-refractivity contribution >= 4 is 25.3 Å². The molecule has 0 amide bonds. The maximum Gasteiger partial charge on any atom is 0.196 e. The molecular weight excluding hydrogens is 192 g/mol. The fraction of sp³-hybridized carbons (Fsp3) is 0.750. The monoisotopic (exact) mass is 202 g/mol. The molecule has 0 aromatic heterocycles.